The van der Waals surface area contributed by atoms with Crippen molar-refractivity contribution in [3.8, 4) is 17.6 Å². The summed E-state index contributed by atoms with van der Waals surface area (Å²) in [6.45, 7) is 1.69. The van der Waals surface area contributed by atoms with Gasteiger partial charge in [0, 0.05) is 43.8 Å². The molecular formula is C30H34F4N4O3S. The molecule has 0 spiro atoms. The molecular weight excluding hydrogens is 572 g/mol. The molecule has 1 fully saturated rings. The lowest BCUT2D eigenvalue weighted by Gasteiger charge is -2.33. The van der Waals surface area contributed by atoms with Crippen LogP contribution in [0.25, 0.3) is 10.1 Å². The number of piperidine rings is 1. The average Bonchev–Trinajstić information content (AvgIpc) is 3.35. The van der Waals surface area contributed by atoms with Gasteiger partial charge in [-0.1, -0.05) is 24.0 Å². The first kappa shape index (κ1) is 31.4. The van der Waals surface area contributed by atoms with E-state index in [4.69, 9.17) is 9.47 Å². The molecule has 1 saturated heterocycles. The zero-order valence-electron chi connectivity index (χ0n) is 23.6. The summed E-state index contributed by atoms with van der Waals surface area (Å²) in [5.74, 6) is 5.89. The van der Waals surface area contributed by atoms with Crippen LogP contribution in [0.3, 0.4) is 0 Å². The van der Waals surface area contributed by atoms with E-state index in [-0.39, 0.29) is 29.5 Å². The van der Waals surface area contributed by atoms with Crippen molar-refractivity contribution in [1.82, 2.24) is 10.2 Å². The number of thiophene rings is 1. The summed E-state index contributed by atoms with van der Waals surface area (Å²) in [6.07, 6.45) is -6.28. The van der Waals surface area contributed by atoms with Gasteiger partial charge in [-0.15, -0.1) is 11.3 Å². The molecule has 0 radical (unpaired) electrons. The quantitative estimate of drug-likeness (QED) is 0.153. The Kier molecular flexibility index (Phi) is 10.9. The van der Waals surface area contributed by atoms with E-state index in [0.29, 0.717) is 52.3 Å². The van der Waals surface area contributed by atoms with Crippen LogP contribution < -0.4 is 20.7 Å². The summed E-state index contributed by atoms with van der Waals surface area (Å²) >= 11 is 1.10. The highest BCUT2D eigenvalue weighted by atomic mass is 32.1. The molecule has 7 nitrogen and oxygen atoms in total. The second kappa shape index (κ2) is 14.6. The fourth-order valence-corrected chi connectivity index (χ4v) is 5.92. The van der Waals surface area contributed by atoms with E-state index in [1.165, 1.54) is 7.05 Å². The van der Waals surface area contributed by atoms with Crippen LogP contribution in [0, 0.1) is 11.8 Å². The van der Waals surface area contributed by atoms with Gasteiger partial charge in [0.25, 0.3) is 12.3 Å². The molecule has 3 N–H and O–H groups in total. The zero-order valence-corrected chi connectivity index (χ0v) is 24.4. The predicted molar refractivity (Wildman–Crippen MR) is 159 cm³/mol. The molecule has 1 amide bonds. The topological polar surface area (TPSA) is 74.9 Å². The largest absolute Gasteiger partial charge is 0.489 e. The maximum atomic E-state index is 14.9. The van der Waals surface area contributed by atoms with Gasteiger partial charge in [-0.2, -0.15) is 0 Å². The highest BCUT2D eigenvalue weighted by molar-refractivity contribution is 7.20. The van der Waals surface area contributed by atoms with Crippen molar-refractivity contribution < 1.29 is 31.8 Å². The summed E-state index contributed by atoms with van der Waals surface area (Å²) in [4.78, 5) is 14.1. The van der Waals surface area contributed by atoms with Gasteiger partial charge >= 0.3 is 0 Å². The molecule has 0 saturated carbocycles. The van der Waals surface area contributed by atoms with Gasteiger partial charge in [0.05, 0.1) is 40.1 Å². The lowest BCUT2D eigenvalue weighted by Crippen LogP contribution is -2.46. The van der Waals surface area contributed by atoms with Crippen molar-refractivity contribution in [1.29, 1.82) is 0 Å². The number of nitrogens with zero attached hydrogens (tertiary/aromatic N) is 1. The minimum absolute atomic E-state index is 0.0868. The number of hydrogen-bond acceptors (Lipinski definition) is 7. The Morgan fingerprint density at radius 1 is 1.19 bits per heavy atom. The van der Waals surface area contributed by atoms with E-state index < -0.39 is 24.8 Å². The second-order valence-electron chi connectivity index (χ2n) is 9.87. The zero-order chi connectivity index (χ0) is 30.2. The highest BCUT2D eigenvalue weighted by Crippen LogP contribution is 2.42. The van der Waals surface area contributed by atoms with Gasteiger partial charge < -0.3 is 30.3 Å². The number of rotatable bonds is 11. The van der Waals surface area contributed by atoms with Crippen LogP contribution in [-0.2, 0) is 4.74 Å². The summed E-state index contributed by atoms with van der Waals surface area (Å²) in [5, 5.41) is 9.22. The predicted octanol–water partition coefficient (Wildman–Crippen LogP) is 5.48. The van der Waals surface area contributed by atoms with Gasteiger partial charge in [0.15, 0.2) is 6.17 Å². The fourth-order valence-electron chi connectivity index (χ4n) is 4.74. The van der Waals surface area contributed by atoms with Crippen LogP contribution in [0.5, 0.6) is 5.75 Å². The smallest absolute Gasteiger partial charge is 0.273 e. The van der Waals surface area contributed by atoms with Crippen LogP contribution >= 0.6 is 11.3 Å². The molecule has 1 aromatic heterocycles. The van der Waals surface area contributed by atoms with Crippen LogP contribution in [0.4, 0.5) is 28.9 Å². The summed E-state index contributed by atoms with van der Waals surface area (Å²) in [6, 6.07) is 9.42. The number of anilines is 2. The molecule has 42 heavy (non-hydrogen) atoms. The van der Waals surface area contributed by atoms with E-state index in [2.05, 4.69) is 27.8 Å². The second-order valence-corrected chi connectivity index (χ2v) is 10.9. The number of nitrogens with one attached hydrogen (secondary N) is 3. The van der Waals surface area contributed by atoms with Crippen molar-refractivity contribution in [2.45, 2.75) is 31.2 Å². The van der Waals surface area contributed by atoms with Crippen LogP contribution in [0.15, 0.2) is 36.4 Å². The molecule has 3 aromatic rings. The number of fused-ring (bicyclic) bond motifs is 1. The minimum atomic E-state index is -3.23. The standard InChI is InChI=1S/C30H34F4N4O3S/c1-35-30(39)18-9-10-22(24(16-18)41-15-14-40-3)36-12-5-8-25-26(27(32)29(33)34)19-6-4-7-23(28(19)42-25)37-21-11-13-38(2)17-20(21)31/h4,6-7,9-10,16,20-21,27,29,36-37H,11-15,17H2,1-3H3,(H,35,39). The lowest BCUT2D eigenvalue weighted by atomic mass is 10.0. The van der Waals surface area contributed by atoms with Gasteiger partial charge in [-0.3, -0.25) is 4.79 Å². The highest BCUT2D eigenvalue weighted by Gasteiger charge is 2.31. The third-order valence-corrected chi connectivity index (χ3v) is 8.09. The SMILES string of the molecule is CNC(=O)c1ccc(NCC#Cc2sc3c(NC4CCN(C)CC4F)cccc3c2C(F)C(F)F)c(OCCOC)c1. The first-order valence-electron chi connectivity index (χ1n) is 13.5. The summed E-state index contributed by atoms with van der Waals surface area (Å²) in [5.41, 5.74) is 1.37. The van der Waals surface area contributed by atoms with Crippen LogP contribution in [0.2, 0.25) is 0 Å². The van der Waals surface area contributed by atoms with Gasteiger partial charge in [-0.05, 0) is 37.7 Å². The van der Waals surface area contributed by atoms with E-state index in [0.717, 1.165) is 17.9 Å². The van der Waals surface area contributed by atoms with E-state index in [1.54, 1.807) is 43.5 Å². The van der Waals surface area contributed by atoms with Crippen molar-refractivity contribution in [2.75, 3.05) is 64.7 Å². The number of methoxy groups -OCH3 is 1. The third kappa shape index (κ3) is 7.45. The first-order chi connectivity index (χ1) is 20.2. The molecule has 12 heteroatoms. The number of alkyl halides is 4. The monoisotopic (exact) mass is 606 g/mol. The minimum Gasteiger partial charge on any atom is -0.489 e. The molecule has 0 aliphatic carbocycles. The molecule has 1 aliphatic rings. The Morgan fingerprint density at radius 3 is 2.71 bits per heavy atom. The van der Waals surface area contributed by atoms with Crippen molar-refractivity contribution in [2.24, 2.45) is 0 Å². The number of halogens is 4. The third-order valence-electron chi connectivity index (χ3n) is 6.92. The number of benzene rings is 2. The molecule has 226 valence electrons. The number of carbonyl (C=O) groups excluding carboxylic acids is 1. The average molecular weight is 607 g/mol. The molecule has 2 aromatic carbocycles. The Bertz CT molecular complexity index is 1440. The van der Waals surface area contributed by atoms with Gasteiger partial charge in [-0.25, -0.2) is 17.6 Å². The normalized spacial score (nSPS) is 17.9. The molecule has 4 rings (SSSR count). The van der Waals surface area contributed by atoms with Crippen molar-refractivity contribution >= 4 is 38.7 Å². The molecule has 3 atom stereocenters. The number of carbonyl (C=O) groups is 1. The maximum absolute atomic E-state index is 14.9. The van der Waals surface area contributed by atoms with Gasteiger partial charge in [0.1, 0.15) is 18.5 Å². The van der Waals surface area contributed by atoms with E-state index >= 15 is 0 Å². The number of amides is 1. The van der Waals surface area contributed by atoms with Crippen molar-refractivity contribution in [3.05, 3.63) is 52.4 Å². The first-order valence-corrected chi connectivity index (χ1v) is 14.3. The Labute approximate surface area is 246 Å². The lowest BCUT2D eigenvalue weighted by molar-refractivity contribution is 0.0504. The number of likely N-dealkylation sites (tertiary alicyclic amines) is 1. The van der Waals surface area contributed by atoms with Crippen molar-refractivity contribution in [3.63, 3.8) is 0 Å². The molecule has 1 aliphatic heterocycles. The van der Waals surface area contributed by atoms with Crippen LogP contribution in [-0.4, -0.2) is 83.5 Å². The number of ether oxygens (including phenoxy) is 2. The summed E-state index contributed by atoms with van der Waals surface area (Å²) in [7, 11) is 4.93. The van der Waals surface area contributed by atoms with E-state index in [1.807, 2.05) is 11.9 Å². The Balaban J connectivity index is 1.59. The Morgan fingerprint density at radius 2 is 2.00 bits per heavy atom. The summed E-state index contributed by atoms with van der Waals surface area (Å²) < 4.78 is 68.2. The van der Waals surface area contributed by atoms with Crippen LogP contribution in [0.1, 0.15) is 33.4 Å². The molecule has 3 unspecified atom stereocenters. The van der Waals surface area contributed by atoms with Gasteiger partial charge in [0.2, 0.25) is 0 Å². The fraction of sp³-hybridized carbons (Fsp3) is 0.433. The number of hydrogen-bond donors (Lipinski definition) is 3. The van der Waals surface area contributed by atoms with E-state index in [9.17, 15) is 22.4 Å². The Hall–Kier alpha value is -3.53. The molecule has 2 heterocycles. The maximum Gasteiger partial charge on any atom is 0.273 e. The molecule has 0 bridgehead atoms.